The summed E-state index contributed by atoms with van der Waals surface area (Å²) in [4.78, 5) is 8.05. The van der Waals surface area contributed by atoms with Gasteiger partial charge in [-0.05, 0) is 19.4 Å². The van der Waals surface area contributed by atoms with E-state index in [0.29, 0.717) is 16.7 Å². The van der Waals surface area contributed by atoms with E-state index in [9.17, 15) is 0 Å². The van der Waals surface area contributed by atoms with Gasteiger partial charge < -0.3 is 10.1 Å². The second-order valence-corrected chi connectivity index (χ2v) is 4.68. The molecule has 0 aliphatic rings. The number of rotatable bonds is 4. The SMILES string of the molecule is COc1c(Cl)ncnc1NC(C)c1ccc(C)cc1. The van der Waals surface area contributed by atoms with Gasteiger partial charge in [-0.15, -0.1) is 0 Å². The third-order valence-corrected chi connectivity index (χ3v) is 3.16. The lowest BCUT2D eigenvalue weighted by Gasteiger charge is -2.17. The summed E-state index contributed by atoms with van der Waals surface area (Å²) in [5.74, 6) is 1.05. The van der Waals surface area contributed by atoms with E-state index in [2.05, 4.69) is 53.4 Å². The second kappa shape index (κ2) is 5.89. The van der Waals surface area contributed by atoms with Crippen molar-refractivity contribution in [2.45, 2.75) is 19.9 Å². The highest BCUT2D eigenvalue weighted by molar-refractivity contribution is 6.31. The molecule has 4 nitrogen and oxygen atoms in total. The van der Waals surface area contributed by atoms with Crippen LogP contribution in [0.2, 0.25) is 5.15 Å². The molecule has 1 aromatic carbocycles. The summed E-state index contributed by atoms with van der Waals surface area (Å²) in [6.45, 7) is 4.12. The molecule has 1 atom stereocenters. The third-order valence-electron chi connectivity index (χ3n) is 2.90. The summed E-state index contributed by atoms with van der Waals surface area (Å²) < 4.78 is 5.21. The molecule has 0 saturated carbocycles. The lowest BCUT2D eigenvalue weighted by atomic mass is 10.1. The number of halogens is 1. The van der Waals surface area contributed by atoms with Crippen LogP contribution in [0.4, 0.5) is 5.82 Å². The lowest BCUT2D eigenvalue weighted by molar-refractivity contribution is 0.412. The van der Waals surface area contributed by atoms with Crippen molar-refractivity contribution >= 4 is 17.4 Å². The van der Waals surface area contributed by atoms with Gasteiger partial charge in [0.2, 0.25) is 0 Å². The molecular formula is C14H16ClN3O. The van der Waals surface area contributed by atoms with Crippen LogP contribution in [0, 0.1) is 6.92 Å². The molecule has 1 aromatic heterocycles. The number of aryl methyl sites for hydroxylation is 1. The predicted molar refractivity (Wildman–Crippen MR) is 76.8 cm³/mol. The maximum Gasteiger partial charge on any atom is 0.198 e. The quantitative estimate of drug-likeness (QED) is 0.867. The summed E-state index contributed by atoms with van der Waals surface area (Å²) in [6, 6.07) is 8.43. The van der Waals surface area contributed by atoms with E-state index in [1.54, 1.807) is 7.11 Å². The minimum Gasteiger partial charge on any atom is -0.490 e. The Hall–Kier alpha value is -1.81. The number of methoxy groups -OCH3 is 1. The fraction of sp³-hybridized carbons (Fsp3) is 0.286. The van der Waals surface area contributed by atoms with E-state index in [0.717, 1.165) is 0 Å². The zero-order chi connectivity index (χ0) is 13.8. The molecule has 100 valence electrons. The Bertz CT molecular complexity index is 557. The van der Waals surface area contributed by atoms with Gasteiger partial charge in [-0.2, -0.15) is 0 Å². The Balaban J connectivity index is 2.21. The molecule has 1 N–H and O–H groups in total. The number of nitrogens with one attached hydrogen (secondary N) is 1. The van der Waals surface area contributed by atoms with Crippen LogP contribution in [-0.2, 0) is 0 Å². The predicted octanol–water partition coefficient (Wildman–Crippen LogP) is 3.62. The Morgan fingerprint density at radius 3 is 2.53 bits per heavy atom. The second-order valence-electron chi connectivity index (χ2n) is 4.32. The maximum absolute atomic E-state index is 5.96. The fourth-order valence-electron chi connectivity index (χ4n) is 1.78. The minimum atomic E-state index is 0.0977. The maximum atomic E-state index is 5.96. The molecule has 0 amide bonds. The largest absolute Gasteiger partial charge is 0.490 e. The van der Waals surface area contributed by atoms with Gasteiger partial charge >= 0.3 is 0 Å². The third kappa shape index (κ3) is 3.15. The van der Waals surface area contributed by atoms with Crippen LogP contribution in [0.15, 0.2) is 30.6 Å². The molecule has 2 aromatic rings. The smallest absolute Gasteiger partial charge is 0.198 e. The van der Waals surface area contributed by atoms with E-state index in [4.69, 9.17) is 16.3 Å². The summed E-state index contributed by atoms with van der Waals surface area (Å²) in [5.41, 5.74) is 2.40. The van der Waals surface area contributed by atoms with Gasteiger partial charge in [-0.3, -0.25) is 0 Å². The van der Waals surface area contributed by atoms with Crippen molar-refractivity contribution in [3.05, 3.63) is 46.9 Å². The number of anilines is 1. The van der Waals surface area contributed by atoms with Gasteiger partial charge in [0.05, 0.1) is 13.2 Å². The van der Waals surface area contributed by atoms with Crippen LogP contribution in [0.1, 0.15) is 24.1 Å². The Morgan fingerprint density at radius 1 is 1.21 bits per heavy atom. The van der Waals surface area contributed by atoms with Crippen molar-refractivity contribution < 1.29 is 4.74 Å². The van der Waals surface area contributed by atoms with Crippen molar-refractivity contribution in [2.24, 2.45) is 0 Å². The highest BCUT2D eigenvalue weighted by Crippen LogP contribution is 2.30. The van der Waals surface area contributed by atoms with Crippen LogP contribution in [0.3, 0.4) is 0 Å². The molecule has 2 rings (SSSR count). The summed E-state index contributed by atoms with van der Waals surface area (Å²) >= 11 is 5.96. The first-order valence-electron chi connectivity index (χ1n) is 5.99. The van der Waals surface area contributed by atoms with Crippen molar-refractivity contribution in [3.63, 3.8) is 0 Å². The van der Waals surface area contributed by atoms with Gasteiger partial charge in [-0.1, -0.05) is 41.4 Å². The molecule has 1 unspecified atom stereocenters. The normalized spacial score (nSPS) is 12.0. The topological polar surface area (TPSA) is 47.0 Å². The molecule has 1 heterocycles. The summed E-state index contributed by atoms with van der Waals surface area (Å²) in [7, 11) is 1.55. The molecule has 0 aliphatic heterocycles. The van der Waals surface area contributed by atoms with Crippen molar-refractivity contribution in [3.8, 4) is 5.75 Å². The van der Waals surface area contributed by atoms with Crippen molar-refractivity contribution in [2.75, 3.05) is 12.4 Å². The van der Waals surface area contributed by atoms with E-state index in [1.807, 2.05) is 0 Å². The number of ether oxygens (including phenoxy) is 1. The van der Waals surface area contributed by atoms with E-state index in [1.165, 1.54) is 17.5 Å². The van der Waals surface area contributed by atoms with Crippen LogP contribution >= 0.6 is 11.6 Å². The Kier molecular flexibility index (Phi) is 4.22. The first-order chi connectivity index (χ1) is 9.11. The zero-order valence-electron chi connectivity index (χ0n) is 11.1. The number of aromatic nitrogens is 2. The van der Waals surface area contributed by atoms with Gasteiger partial charge in [0, 0.05) is 0 Å². The Labute approximate surface area is 117 Å². The van der Waals surface area contributed by atoms with E-state index in [-0.39, 0.29) is 6.04 Å². The Morgan fingerprint density at radius 2 is 1.89 bits per heavy atom. The average molecular weight is 278 g/mol. The first-order valence-corrected chi connectivity index (χ1v) is 6.37. The fourth-order valence-corrected chi connectivity index (χ4v) is 1.99. The molecular weight excluding hydrogens is 262 g/mol. The molecule has 19 heavy (non-hydrogen) atoms. The minimum absolute atomic E-state index is 0.0977. The van der Waals surface area contributed by atoms with Crippen molar-refractivity contribution in [1.29, 1.82) is 0 Å². The van der Waals surface area contributed by atoms with Crippen LogP contribution < -0.4 is 10.1 Å². The molecule has 0 bridgehead atoms. The molecule has 0 radical (unpaired) electrons. The molecule has 0 fully saturated rings. The van der Waals surface area contributed by atoms with Crippen molar-refractivity contribution in [1.82, 2.24) is 9.97 Å². The van der Waals surface area contributed by atoms with E-state index >= 15 is 0 Å². The van der Waals surface area contributed by atoms with Crippen LogP contribution in [0.25, 0.3) is 0 Å². The number of nitrogens with zero attached hydrogens (tertiary/aromatic N) is 2. The summed E-state index contributed by atoms with van der Waals surface area (Å²) in [6.07, 6.45) is 1.41. The number of hydrogen-bond acceptors (Lipinski definition) is 4. The zero-order valence-corrected chi connectivity index (χ0v) is 11.9. The summed E-state index contributed by atoms with van der Waals surface area (Å²) in [5, 5.41) is 3.58. The number of benzene rings is 1. The van der Waals surface area contributed by atoms with Crippen LogP contribution in [-0.4, -0.2) is 17.1 Å². The molecule has 0 saturated heterocycles. The van der Waals surface area contributed by atoms with E-state index < -0.39 is 0 Å². The highest BCUT2D eigenvalue weighted by Gasteiger charge is 2.13. The number of hydrogen-bond donors (Lipinski definition) is 1. The molecule has 0 spiro atoms. The standard InChI is InChI=1S/C14H16ClN3O/c1-9-4-6-11(7-5-9)10(2)18-14-12(19-3)13(15)16-8-17-14/h4-8,10H,1-3H3,(H,16,17,18). The first kappa shape index (κ1) is 13.6. The van der Waals surface area contributed by atoms with Gasteiger partial charge in [0.25, 0.3) is 0 Å². The van der Waals surface area contributed by atoms with Gasteiger partial charge in [0.1, 0.15) is 6.33 Å². The van der Waals surface area contributed by atoms with Gasteiger partial charge in [-0.25, -0.2) is 9.97 Å². The van der Waals surface area contributed by atoms with Crippen LogP contribution in [0.5, 0.6) is 5.75 Å². The van der Waals surface area contributed by atoms with Gasteiger partial charge in [0.15, 0.2) is 16.7 Å². The highest BCUT2D eigenvalue weighted by atomic mass is 35.5. The lowest BCUT2D eigenvalue weighted by Crippen LogP contribution is -2.09. The molecule has 0 aliphatic carbocycles. The average Bonchev–Trinajstić information content (AvgIpc) is 2.39. The molecule has 5 heteroatoms. The monoisotopic (exact) mass is 277 g/mol.